The van der Waals surface area contributed by atoms with E-state index in [4.69, 9.17) is 14.2 Å². The summed E-state index contributed by atoms with van der Waals surface area (Å²) in [6.45, 7) is 6.61. The van der Waals surface area contributed by atoms with Crippen LogP contribution in [-0.4, -0.2) is 37.2 Å². The Morgan fingerprint density at radius 1 is 0.308 bits per heavy atom. The number of ether oxygens (including phenoxy) is 3. The minimum atomic E-state index is -0.783. The van der Waals surface area contributed by atoms with Crippen molar-refractivity contribution in [2.75, 3.05) is 13.2 Å². The zero-order chi connectivity index (χ0) is 47.2. The molecule has 0 aromatic heterocycles. The molecule has 0 amide bonds. The van der Waals surface area contributed by atoms with Gasteiger partial charge in [-0.3, -0.25) is 14.4 Å². The van der Waals surface area contributed by atoms with Gasteiger partial charge in [0.15, 0.2) is 6.10 Å². The summed E-state index contributed by atoms with van der Waals surface area (Å²) in [7, 11) is 0. The van der Waals surface area contributed by atoms with Crippen LogP contribution in [0, 0.1) is 0 Å². The molecule has 65 heavy (non-hydrogen) atoms. The lowest BCUT2D eigenvalue weighted by Gasteiger charge is -2.18. The van der Waals surface area contributed by atoms with Crippen LogP contribution in [0.2, 0.25) is 0 Å². The Hall–Kier alpha value is -2.63. The fourth-order valence-electron chi connectivity index (χ4n) is 7.99. The third-order valence-electron chi connectivity index (χ3n) is 12.3. The van der Waals surface area contributed by atoms with Gasteiger partial charge in [-0.1, -0.05) is 217 Å². The van der Waals surface area contributed by atoms with Gasteiger partial charge in [0, 0.05) is 19.3 Å². The van der Waals surface area contributed by atoms with Crippen LogP contribution in [0.3, 0.4) is 0 Å². The molecule has 0 aromatic rings. The smallest absolute Gasteiger partial charge is 0.306 e. The Morgan fingerprint density at radius 2 is 0.554 bits per heavy atom. The standard InChI is InChI=1S/C59H106O6/c1-4-7-10-13-16-19-22-25-28-29-32-34-37-40-43-46-49-52-58(61)64-55-56(65-59(62)53-50-47-44-41-38-35-31-27-24-21-18-15-12-9-6-3)54-63-57(60)51-48-45-42-39-36-33-30-26-23-20-17-14-11-8-5-2/h16,19,25-28,30-31,56H,4-15,17-18,20-24,29,32-55H2,1-3H3/b19-16-,28-25-,30-26-,31-27-/t56-/m1/s1. The first-order valence-electron chi connectivity index (χ1n) is 28.1. The first-order valence-corrected chi connectivity index (χ1v) is 28.1. The normalized spacial score (nSPS) is 12.4. The minimum absolute atomic E-state index is 0.0820. The van der Waals surface area contributed by atoms with Crippen molar-refractivity contribution in [3.63, 3.8) is 0 Å². The zero-order valence-electron chi connectivity index (χ0n) is 43.3. The largest absolute Gasteiger partial charge is 0.462 e. The van der Waals surface area contributed by atoms with Gasteiger partial charge in [-0.2, -0.15) is 0 Å². The quantitative estimate of drug-likeness (QED) is 0.0262. The number of carbonyl (C=O) groups is 3. The van der Waals surface area contributed by atoms with Gasteiger partial charge in [-0.15, -0.1) is 0 Å². The first kappa shape index (κ1) is 62.4. The highest BCUT2D eigenvalue weighted by molar-refractivity contribution is 5.71. The van der Waals surface area contributed by atoms with Crippen LogP contribution >= 0.6 is 0 Å². The van der Waals surface area contributed by atoms with Crippen molar-refractivity contribution < 1.29 is 28.6 Å². The molecule has 6 nitrogen and oxygen atoms in total. The number of rotatable bonds is 51. The highest BCUT2D eigenvalue weighted by Crippen LogP contribution is 2.15. The third kappa shape index (κ3) is 52.2. The summed E-state index contributed by atoms with van der Waals surface area (Å²) >= 11 is 0. The zero-order valence-corrected chi connectivity index (χ0v) is 43.3. The molecule has 0 bridgehead atoms. The van der Waals surface area contributed by atoms with Gasteiger partial charge < -0.3 is 14.2 Å². The second kappa shape index (κ2) is 54.0. The van der Waals surface area contributed by atoms with E-state index in [0.717, 1.165) is 89.9 Å². The molecule has 0 fully saturated rings. The van der Waals surface area contributed by atoms with Crippen LogP contribution in [0.15, 0.2) is 48.6 Å². The third-order valence-corrected chi connectivity index (χ3v) is 12.3. The van der Waals surface area contributed by atoms with Crippen molar-refractivity contribution >= 4 is 17.9 Å². The van der Waals surface area contributed by atoms with Crippen LogP contribution in [-0.2, 0) is 28.6 Å². The summed E-state index contributed by atoms with van der Waals surface area (Å²) in [5.41, 5.74) is 0. The summed E-state index contributed by atoms with van der Waals surface area (Å²) < 4.78 is 16.8. The Kier molecular flexibility index (Phi) is 51.8. The van der Waals surface area contributed by atoms with Crippen molar-refractivity contribution in [3.8, 4) is 0 Å². The summed E-state index contributed by atoms with van der Waals surface area (Å²) in [6, 6.07) is 0. The van der Waals surface area contributed by atoms with Gasteiger partial charge in [0.05, 0.1) is 0 Å². The van der Waals surface area contributed by atoms with E-state index < -0.39 is 6.10 Å². The Morgan fingerprint density at radius 3 is 0.892 bits per heavy atom. The highest BCUT2D eigenvalue weighted by Gasteiger charge is 2.19. The molecule has 0 aliphatic rings. The van der Waals surface area contributed by atoms with Gasteiger partial charge in [-0.25, -0.2) is 0 Å². The van der Waals surface area contributed by atoms with Gasteiger partial charge in [-0.05, 0) is 103 Å². The predicted molar refractivity (Wildman–Crippen MR) is 279 cm³/mol. The summed E-state index contributed by atoms with van der Waals surface area (Å²) in [4.78, 5) is 38.1. The molecule has 0 aliphatic heterocycles. The lowest BCUT2D eigenvalue weighted by atomic mass is 10.1. The van der Waals surface area contributed by atoms with Crippen LogP contribution in [0.1, 0.15) is 290 Å². The number of unbranched alkanes of at least 4 members (excludes halogenated alkanes) is 32. The molecule has 0 heterocycles. The van der Waals surface area contributed by atoms with Crippen LogP contribution < -0.4 is 0 Å². The predicted octanol–water partition coefficient (Wildman–Crippen LogP) is 18.7. The van der Waals surface area contributed by atoms with Crippen LogP contribution in [0.25, 0.3) is 0 Å². The second-order valence-electron chi connectivity index (χ2n) is 18.8. The maximum Gasteiger partial charge on any atom is 0.306 e. The van der Waals surface area contributed by atoms with E-state index in [0.29, 0.717) is 19.3 Å². The molecule has 0 saturated heterocycles. The van der Waals surface area contributed by atoms with Crippen molar-refractivity contribution in [3.05, 3.63) is 48.6 Å². The molecule has 1 atom stereocenters. The van der Waals surface area contributed by atoms with Crippen molar-refractivity contribution in [1.82, 2.24) is 0 Å². The molecule has 0 rings (SSSR count). The average Bonchev–Trinajstić information content (AvgIpc) is 3.30. The second-order valence-corrected chi connectivity index (χ2v) is 18.8. The minimum Gasteiger partial charge on any atom is -0.462 e. The Labute approximate surface area is 403 Å². The maximum absolute atomic E-state index is 12.8. The van der Waals surface area contributed by atoms with E-state index in [1.165, 1.54) is 161 Å². The van der Waals surface area contributed by atoms with E-state index in [9.17, 15) is 14.4 Å². The number of carbonyl (C=O) groups excluding carboxylic acids is 3. The molecule has 0 N–H and O–H groups in total. The van der Waals surface area contributed by atoms with Crippen LogP contribution in [0.4, 0.5) is 0 Å². The topological polar surface area (TPSA) is 78.9 Å². The number of hydrogen-bond donors (Lipinski definition) is 0. The molecule has 0 unspecified atom stereocenters. The molecule has 0 saturated carbocycles. The van der Waals surface area contributed by atoms with Crippen LogP contribution in [0.5, 0.6) is 0 Å². The molecule has 6 heteroatoms. The fraction of sp³-hybridized carbons (Fsp3) is 0.814. The summed E-state index contributed by atoms with van der Waals surface area (Å²) in [6.07, 6.45) is 65.2. The first-order chi connectivity index (χ1) is 32.0. The van der Waals surface area contributed by atoms with E-state index in [1.807, 2.05) is 0 Å². The van der Waals surface area contributed by atoms with E-state index in [2.05, 4.69) is 69.4 Å². The molecular weight excluding hydrogens is 805 g/mol. The highest BCUT2D eigenvalue weighted by atomic mass is 16.6. The average molecular weight is 911 g/mol. The molecule has 0 radical (unpaired) electrons. The van der Waals surface area contributed by atoms with Crippen molar-refractivity contribution in [2.24, 2.45) is 0 Å². The van der Waals surface area contributed by atoms with Gasteiger partial charge >= 0.3 is 17.9 Å². The molecule has 0 aliphatic carbocycles. The summed E-state index contributed by atoms with van der Waals surface area (Å²) in [5.74, 6) is -0.895. The molecular formula is C59H106O6. The Balaban J connectivity index is 4.40. The van der Waals surface area contributed by atoms with Gasteiger partial charge in [0.1, 0.15) is 13.2 Å². The maximum atomic E-state index is 12.8. The lowest BCUT2D eigenvalue weighted by molar-refractivity contribution is -0.167. The molecule has 0 spiro atoms. The van der Waals surface area contributed by atoms with Gasteiger partial charge in [0.2, 0.25) is 0 Å². The Bertz CT molecular complexity index is 1140. The molecule has 0 aromatic carbocycles. The van der Waals surface area contributed by atoms with Crippen molar-refractivity contribution in [1.29, 1.82) is 0 Å². The summed E-state index contributed by atoms with van der Waals surface area (Å²) in [5, 5.41) is 0. The number of allylic oxidation sites excluding steroid dienone is 8. The van der Waals surface area contributed by atoms with Crippen molar-refractivity contribution in [2.45, 2.75) is 297 Å². The van der Waals surface area contributed by atoms with E-state index in [1.54, 1.807) is 0 Å². The van der Waals surface area contributed by atoms with E-state index in [-0.39, 0.29) is 31.1 Å². The lowest BCUT2D eigenvalue weighted by Crippen LogP contribution is -2.30. The SMILES string of the molecule is CCCCC/C=C\C/C=C\CCCCCCCCCC(=O)OC[C@@H](COC(=O)CCCCCCC/C=C\CCCCCCCC)OC(=O)CCCCCCC/C=C\CCCCCCCC. The number of esters is 3. The molecule has 378 valence electrons. The fourth-order valence-corrected chi connectivity index (χ4v) is 7.99. The van der Waals surface area contributed by atoms with E-state index >= 15 is 0 Å². The van der Waals surface area contributed by atoms with Gasteiger partial charge in [0.25, 0.3) is 0 Å². The monoisotopic (exact) mass is 911 g/mol. The number of hydrogen-bond acceptors (Lipinski definition) is 6.